The summed E-state index contributed by atoms with van der Waals surface area (Å²) < 4.78 is 27.1. The van der Waals surface area contributed by atoms with Gasteiger partial charge in [-0.05, 0) is 38.0 Å². The molecule has 11 heteroatoms. The Morgan fingerprint density at radius 3 is 2.62 bits per heavy atom. The lowest BCUT2D eigenvalue weighted by Gasteiger charge is -2.37. The van der Waals surface area contributed by atoms with Crippen molar-refractivity contribution >= 4 is 17.7 Å². The van der Waals surface area contributed by atoms with Gasteiger partial charge in [-0.15, -0.1) is 0 Å². The molecule has 2 N–H and O–H groups in total. The van der Waals surface area contributed by atoms with Gasteiger partial charge in [0.15, 0.2) is 11.5 Å². The minimum atomic E-state index is -1.59. The Labute approximate surface area is 214 Å². The molecule has 0 spiro atoms. The number of carbonyl (C=O) groups is 1. The number of likely N-dealkylation sites (tertiary alicyclic amines) is 1. The molecule has 194 valence electrons. The third-order valence-corrected chi connectivity index (χ3v) is 6.64. The molecule has 0 atom stereocenters. The maximum atomic E-state index is 16.0. The van der Waals surface area contributed by atoms with Gasteiger partial charge in [0, 0.05) is 37.6 Å². The molecular weight excluding hydrogens is 477 g/mol. The zero-order valence-corrected chi connectivity index (χ0v) is 21.3. The summed E-state index contributed by atoms with van der Waals surface area (Å²) in [6.07, 6.45) is 3.44. The van der Waals surface area contributed by atoms with Gasteiger partial charge in [0.25, 0.3) is 0 Å². The van der Waals surface area contributed by atoms with E-state index in [0.717, 1.165) is 0 Å². The minimum Gasteiger partial charge on any atom is -0.496 e. The number of nitriles is 1. The summed E-state index contributed by atoms with van der Waals surface area (Å²) >= 11 is 0. The Bertz CT molecular complexity index is 1290. The van der Waals surface area contributed by atoms with E-state index in [1.165, 1.54) is 19.5 Å². The maximum absolute atomic E-state index is 16.0. The monoisotopic (exact) mass is 507 g/mol. The number of nitrogens with zero attached hydrogens (tertiary/aromatic N) is 5. The van der Waals surface area contributed by atoms with Crippen molar-refractivity contribution in [2.75, 3.05) is 25.5 Å². The van der Waals surface area contributed by atoms with Crippen molar-refractivity contribution in [2.24, 2.45) is 0 Å². The van der Waals surface area contributed by atoms with Crippen LogP contribution in [0.3, 0.4) is 0 Å². The Morgan fingerprint density at radius 2 is 2.00 bits per heavy atom. The van der Waals surface area contributed by atoms with Crippen molar-refractivity contribution in [3.8, 4) is 23.1 Å². The van der Waals surface area contributed by atoms with Crippen LogP contribution >= 0.6 is 0 Å². The molecule has 3 heterocycles. The van der Waals surface area contributed by atoms with Crippen LogP contribution in [-0.2, 0) is 10.4 Å². The van der Waals surface area contributed by atoms with Crippen molar-refractivity contribution in [2.45, 2.75) is 51.3 Å². The highest BCUT2D eigenvalue weighted by Gasteiger charge is 2.39. The fourth-order valence-electron chi connectivity index (χ4n) is 4.00. The second kappa shape index (κ2) is 10.4. The molecule has 0 aliphatic carbocycles. The number of carbonyl (C=O) groups excluding carboxylic acids is 1. The molecular formula is C26H30FN7O3. The lowest BCUT2D eigenvalue weighted by molar-refractivity contribution is -0.00723. The number of aromatic nitrogens is 4. The second-order valence-corrected chi connectivity index (χ2v) is 9.54. The van der Waals surface area contributed by atoms with Crippen molar-refractivity contribution in [1.29, 1.82) is 5.26 Å². The van der Waals surface area contributed by atoms with E-state index in [1.807, 2.05) is 26.8 Å². The van der Waals surface area contributed by atoms with Crippen molar-refractivity contribution in [3.05, 3.63) is 47.9 Å². The Kier molecular flexibility index (Phi) is 7.29. The van der Waals surface area contributed by atoms with Crippen LogP contribution < -0.4 is 10.1 Å². The molecule has 4 rings (SSSR count). The van der Waals surface area contributed by atoms with Crippen molar-refractivity contribution in [1.82, 2.24) is 25.1 Å². The number of aromatic amines is 1. The van der Waals surface area contributed by atoms with E-state index in [-0.39, 0.29) is 31.6 Å². The van der Waals surface area contributed by atoms with E-state index in [9.17, 15) is 4.79 Å². The number of piperidine rings is 1. The molecule has 0 unspecified atom stereocenters. The number of nitrogens with one attached hydrogen (secondary N) is 2. The number of ether oxygens (including phenoxy) is 2. The Balaban J connectivity index is 1.46. The summed E-state index contributed by atoms with van der Waals surface area (Å²) in [5.41, 5.74) is -0.0454. The molecule has 10 nitrogen and oxygen atoms in total. The van der Waals surface area contributed by atoms with Crippen LogP contribution in [0.2, 0.25) is 0 Å². The summed E-state index contributed by atoms with van der Waals surface area (Å²) in [6, 6.07) is 8.92. The van der Waals surface area contributed by atoms with E-state index in [0.29, 0.717) is 40.6 Å². The van der Waals surface area contributed by atoms with Gasteiger partial charge in [-0.2, -0.15) is 10.4 Å². The van der Waals surface area contributed by atoms with E-state index < -0.39 is 17.4 Å². The zero-order valence-electron chi connectivity index (χ0n) is 21.3. The highest BCUT2D eigenvalue weighted by atomic mass is 19.1. The first-order valence-electron chi connectivity index (χ1n) is 12.1. The van der Waals surface area contributed by atoms with Crippen LogP contribution in [0.1, 0.15) is 51.3 Å². The number of methoxy groups -OCH3 is 1. The first kappa shape index (κ1) is 25.9. The van der Waals surface area contributed by atoms with Gasteiger partial charge in [0.2, 0.25) is 0 Å². The number of halogens is 1. The first-order chi connectivity index (χ1) is 17.7. The molecule has 1 amide bonds. The van der Waals surface area contributed by atoms with Gasteiger partial charge in [-0.25, -0.2) is 19.2 Å². The number of anilines is 2. The van der Waals surface area contributed by atoms with Crippen LogP contribution in [0, 0.1) is 11.3 Å². The quantitative estimate of drug-likeness (QED) is 0.453. The van der Waals surface area contributed by atoms with Crippen LogP contribution in [0.25, 0.3) is 11.3 Å². The predicted octanol–water partition coefficient (Wildman–Crippen LogP) is 5.08. The van der Waals surface area contributed by atoms with Crippen LogP contribution in [-0.4, -0.2) is 57.0 Å². The molecule has 1 aromatic carbocycles. The number of alkyl halides is 1. The SMILES string of the molecule is CCC(C)(C)OC(=O)N1CCC(F)(c2ccc(-c3cc(Nc4cnc(C#N)cn4)n[nH]3)c(OC)c2)CC1. The number of hydrogen-bond acceptors (Lipinski definition) is 8. The smallest absolute Gasteiger partial charge is 0.410 e. The largest absolute Gasteiger partial charge is 0.496 e. The van der Waals surface area contributed by atoms with Crippen LogP contribution in [0.15, 0.2) is 36.7 Å². The van der Waals surface area contributed by atoms with E-state index in [4.69, 9.17) is 14.7 Å². The minimum absolute atomic E-state index is 0.168. The molecule has 1 saturated heterocycles. The molecule has 1 aliphatic rings. The molecule has 1 aliphatic heterocycles. The third-order valence-electron chi connectivity index (χ3n) is 6.64. The van der Waals surface area contributed by atoms with Crippen molar-refractivity contribution in [3.63, 3.8) is 0 Å². The fraction of sp³-hybridized carbons (Fsp3) is 0.423. The third kappa shape index (κ3) is 5.80. The predicted molar refractivity (Wildman–Crippen MR) is 135 cm³/mol. The molecule has 2 aromatic heterocycles. The average Bonchev–Trinajstić information content (AvgIpc) is 3.37. The number of H-pyrrole nitrogens is 1. The standard InChI is InChI=1S/C26H30FN7O3/c1-5-25(2,3)37-24(35)34-10-8-26(27,9-11-34)17-6-7-19(21(12-17)36-4)20-13-22(33-32-20)31-23-16-29-18(14-28)15-30-23/h6-7,12-13,15-16H,5,8-11H2,1-4H3,(H2,30,31,32,33). The lowest BCUT2D eigenvalue weighted by atomic mass is 9.85. The summed E-state index contributed by atoms with van der Waals surface area (Å²) in [4.78, 5) is 22.2. The number of rotatable bonds is 7. The van der Waals surface area contributed by atoms with Gasteiger partial charge >= 0.3 is 6.09 Å². The molecule has 3 aromatic rings. The number of benzene rings is 1. The molecule has 37 heavy (non-hydrogen) atoms. The lowest BCUT2D eigenvalue weighted by Crippen LogP contribution is -2.45. The van der Waals surface area contributed by atoms with Crippen LogP contribution in [0.4, 0.5) is 20.8 Å². The van der Waals surface area contributed by atoms with Crippen LogP contribution in [0.5, 0.6) is 5.75 Å². The molecule has 1 fully saturated rings. The Hall–Kier alpha value is -4.20. The number of amides is 1. The van der Waals surface area contributed by atoms with E-state index in [1.54, 1.807) is 29.2 Å². The number of hydrogen-bond donors (Lipinski definition) is 2. The first-order valence-corrected chi connectivity index (χ1v) is 12.1. The normalized spacial score (nSPS) is 15.1. The summed E-state index contributed by atoms with van der Waals surface area (Å²) in [7, 11) is 1.53. The molecule has 0 bridgehead atoms. The fourth-order valence-corrected chi connectivity index (χ4v) is 4.00. The summed E-state index contributed by atoms with van der Waals surface area (Å²) in [5.74, 6) is 1.43. The van der Waals surface area contributed by atoms with Gasteiger partial charge in [-0.3, -0.25) is 5.10 Å². The van der Waals surface area contributed by atoms with E-state index in [2.05, 4.69) is 25.5 Å². The second-order valence-electron chi connectivity index (χ2n) is 9.54. The van der Waals surface area contributed by atoms with Crippen molar-refractivity contribution < 1.29 is 18.7 Å². The average molecular weight is 508 g/mol. The highest BCUT2D eigenvalue weighted by molar-refractivity contribution is 5.71. The summed E-state index contributed by atoms with van der Waals surface area (Å²) in [6.45, 7) is 6.22. The van der Waals surface area contributed by atoms with Gasteiger partial charge in [-0.1, -0.05) is 13.0 Å². The van der Waals surface area contributed by atoms with Gasteiger partial charge in [0.1, 0.15) is 28.9 Å². The topological polar surface area (TPSA) is 129 Å². The maximum Gasteiger partial charge on any atom is 0.410 e. The molecule has 0 radical (unpaired) electrons. The summed E-state index contributed by atoms with van der Waals surface area (Å²) in [5, 5.41) is 19.0. The van der Waals surface area contributed by atoms with Gasteiger partial charge in [0.05, 0.1) is 25.2 Å². The van der Waals surface area contributed by atoms with Gasteiger partial charge < -0.3 is 19.7 Å². The Morgan fingerprint density at radius 1 is 1.24 bits per heavy atom. The molecule has 0 saturated carbocycles. The van der Waals surface area contributed by atoms with E-state index >= 15 is 4.39 Å². The zero-order chi connectivity index (χ0) is 26.6. The highest BCUT2D eigenvalue weighted by Crippen LogP contribution is 2.41.